The van der Waals surface area contributed by atoms with Crippen molar-refractivity contribution in [3.05, 3.63) is 66.2 Å². The number of aliphatic hydroxyl groups excluding tert-OH is 1. The van der Waals surface area contributed by atoms with E-state index in [1.165, 1.54) is 6.33 Å². The fraction of sp³-hybridized carbons (Fsp3) is 0.553. The van der Waals surface area contributed by atoms with Crippen molar-refractivity contribution in [2.24, 2.45) is 11.8 Å². The first-order valence-corrected chi connectivity index (χ1v) is 18.0. The lowest BCUT2D eigenvalue weighted by Gasteiger charge is -2.31. The Balaban J connectivity index is 1.37. The number of fused-ring (bicyclic) bond motifs is 1. The molecule has 1 saturated carbocycles. The minimum absolute atomic E-state index is 0.0406. The maximum absolute atomic E-state index is 14.2. The van der Waals surface area contributed by atoms with Crippen LogP contribution in [0.1, 0.15) is 70.1 Å². The van der Waals surface area contributed by atoms with Gasteiger partial charge in [0.2, 0.25) is 17.7 Å². The van der Waals surface area contributed by atoms with Gasteiger partial charge in [-0.15, -0.1) is 0 Å². The summed E-state index contributed by atoms with van der Waals surface area (Å²) in [6.07, 6.45) is 6.94. The lowest BCUT2D eigenvalue weighted by atomic mass is 9.83. The number of nitrogens with zero attached hydrogens (tertiary/aromatic N) is 2. The highest BCUT2D eigenvalue weighted by molar-refractivity contribution is 5.92. The van der Waals surface area contributed by atoms with Crippen LogP contribution >= 0.6 is 0 Å². The summed E-state index contributed by atoms with van der Waals surface area (Å²) in [5.41, 5.74) is 1.51. The smallest absolute Gasteiger partial charge is 0.337 e. The van der Waals surface area contributed by atoms with Crippen molar-refractivity contribution in [2.75, 3.05) is 26.3 Å². The monoisotopic (exact) mass is 689 g/mol. The topological polar surface area (TPSA) is 163 Å². The van der Waals surface area contributed by atoms with Gasteiger partial charge in [-0.05, 0) is 48.9 Å². The van der Waals surface area contributed by atoms with E-state index in [0.29, 0.717) is 38.4 Å². The predicted molar refractivity (Wildman–Crippen MR) is 188 cm³/mol. The first-order chi connectivity index (χ1) is 24.2. The molecule has 0 radical (unpaired) electrons. The van der Waals surface area contributed by atoms with Gasteiger partial charge in [-0.25, -0.2) is 9.78 Å². The lowest BCUT2D eigenvalue weighted by molar-refractivity contribution is -0.159. The minimum Gasteiger partial charge on any atom is -0.461 e. The van der Waals surface area contributed by atoms with Crippen molar-refractivity contribution in [2.45, 2.75) is 95.9 Å². The van der Waals surface area contributed by atoms with Gasteiger partial charge in [0, 0.05) is 37.8 Å². The highest BCUT2D eigenvalue weighted by Gasteiger charge is 2.35. The Hall–Kier alpha value is -4.29. The highest BCUT2D eigenvalue weighted by Crippen LogP contribution is 2.28. The molecule has 0 spiro atoms. The average Bonchev–Trinajstić information content (AvgIpc) is 3.64. The molecule has 2 heterocycles. The van der Waals surface area contributed by atoms with Crippen LogP contribution in [0.5, 0.6) is 0 Å². The molecule has 4 N–H and O–H groups in total. The Morgan fingerprint density at radius 1 is 0.980 bits per heavy atom. The zero-order valence-corrected chi connectivity index (χ0v) is 29.1. The SMILES string of the molecule is CC(C)OC(=O)[C@H](O)[C@H](CC1CCCCC1)NC(=O)[C@H](Cc1cnc[nH]1)NC(=O)[C@@H](CC(=O)N1CCOCC1)Cc1ccc2ccccc2c1. The number of aromatic nitrogens is 2. The largest absolute Gasteiger partial charge is 0.461 e. The van der Waals surface area contributed by atoms with Crippen molar-refractivity contribution >= 4 is 34.5 Å². The van der Waals surface area contributed by atoms with Crippen molar-refractivity contribution in [1.29, 1.82) is 0 Å². The van der Waals surface area contributed by atoms with Crippen LogP contribution in [0.25, 0.3) is 10.8 Å². The Labute approximate surface area is 293 Å². The van der Waals surface area contributed by atoms with Crippen LogP contribution in [0, 0.1) is 11.8 Å². The molecular formula is C38H51N5O7. The summed E-state index contributed by atoms with van der Waals surface area (Å²) < 4.78 is 10.7. The minimum atomic E-state index is -1.57. The average molecular weight is 690 g/mol. The Bertz CT molecular complexity index is 1570. The summed E-state index contributed by atoms with van der Waals surface area (Å²) in [6, 6.07) is 11.9. The molecule has 5 rings (SSSR count). The van der Waals surface area contributed by atoms with Gasteiger partial charge in [0.05, 0.1) is 37.6 Å². The van der Waals surface area contributed by atoms with Gasteiger partial charge in [0.1, 0.15) is 6.04 Å². The molecule has 50 heavy (non-hydrogen) atoms. The van der Waals surface area contributed by atoms with Gasteiger partial charge in [0.15, 0.2) is 6.10 Å². The summed E-state index contributed by atoms with van der Waals surface area (Å²) in [4.78, 5) is 63.4. The van der Waals surface area contributed by atoms with Crippen molar-refractivity contribution < 1.29 is 33.8 Å². The number of carbonyl (C=O) groups is 4. The molecule has 12 heteroatoms. The Kier molecular flexibility index (Phi) is 13.4. The first kappa shape index (κ1) is 37.0. The molecule has 3 amide bonds. The van der Waals surface area contributed by atoms with Crippen LogP contribution in [0.2, 0.25) is 0 Å². The third-order valence-electron chi connectivity index (χ3n) is 9.68. The number of hydrogen-bond acceptors (Lipinski definition) is 8. The number of aliphatic hydroxyl groups is 1. The molecule has 2 aromatic carbocycles. The number of aromatic amines is 1. The van der Waals surface area contributed by atoms with E-state index in [4.69, 9.17) is 9.47 Å². The fourth-order valence-corrected chi connectivity index (χ4v) is 6.97. The molecule has 4 atom stereocenters. The van der Waals surface area contributed by atoms with Gasteiger partial charge in [-0.2, -0.15) is 0 Å². The number of hydrogen-bond donors (Lipinski definition) is 4. The molecule has 0 bridgehead atoms. The standard InChI is InChI=1S/C38H51N5O7/c1-25(2)50-38(48)35(45)32(20-26-8-4-3-5-9-26)41-37(47)33(22-31-23-39-24-40-31)42-36(46)30(21-34(44)43-14-16-49-17-15-43)19-27-12-13-28-10-6-7-11-29(28)18-27/h6-7,10-13,18,23-26,30,32-33,35,45H,3-5,8-9,14-17,19-22H2,1-2H3,(H,39,40)(H,41,47)(H,42,46)/t30-,32+,33+,35-/m1/s1. The highest BCUT2D eigenvalue weighted by atomic mass is 16.6. The molecule has 1 saturated heterocycles. The number of H-pyrrole nitrogens is 1. The molecule has 2 fully saturated rings. The second kappa shape index (κ2) is 18.1. The molecule has 3 aromatic rings. The van der Waals surface area contributed by atoms with E-state index in [2.05, 4.69) is 20.6 Å². The van der Waals surface area contributed by atoms with Crippen LogP contribution in [0.4, 0.5) is 0 Å². The molecule has 1 aromatic heterocycles. The second-order valence-corrected chi connectivity index (χ2v) is 13.9. The molecule has 1 aliphatic carbocycles. The van der Waals surface area contributed by atoms with Gasteiger partial charge >= 0.3 is 5.97 Å². The van der Waals surface area contributed by atoms with Gasteiger partial charge in [-0.1, -0.05) is 74.6 Å². The van der Waals surface area contributed by atoms with Crippen LogP contribution in [-0.4, -0.2) is 94.3 Å². The number of rotatable bonds is 15. The molecule has 2 aliphatic rings. The number of morpholine rings is 1. The number of amides is 3. The number of nitrogens with one attached hydrogen (secondary N) is 3. The molecule has 270 valence electrons. The fourth-order valence-electron chi connectivity index (χ4n) is 6.97. The van der Waals surface area contributed by atoms with E-state index < -0.39 is 48.0 Å². The third-order valence-corrected chi connectivity index (χ3v) is 9.68. The number of esters is 1. The van der Waals surface area contributed by atoms with Crippen LogP contribution in [0.3, 0.4) is 0 Å². The van der Waals surface area contributed by atoms with Crippen molar-refractivity contribution in [3.8, 4) is 0 Å². The summed E-state index contributed by atoms with van der Waals surface area (Å²) >= 11 is 0. The molecule has 1 aliphatic heterocycles. The zero-order valence-electron chi connectivity index (χ0n) is 29.1. The second-order valence-electron chi connectivity index (χ2n) is 13.9. The maximum Gasteiger partial charge on any atom is 0.337 e. The first-order valence-electron chi connectivity index (χ1n) is 18.0. The van der Waals surface area contributed by atoms with E-state index >= 15 is 0 Å². The predicted octanol–water partition coefficient (Wildman–Crippen LogP) is 3.47. The van der Waals surface area contributed by atoms with Crippen molar-refractivity contribution in [3.63, 3.8) is 0 Å². The van der Waals surface area contributed by atoms with Crippen LogP contribution in [0.15, 0.2) is 55.0 Å². The number of ether oxygens (including phenoxy) is 2. The van der Waals surface area contributed by atoms with E-state index in [0.717, 1.165) is 48.4 Å². The summed E-state index contributed by atoms with van der Waals surface area (Å²) in [5, 5.41) is 19.1. The molecular weight excluding hydrogens is 638 g/mol. The summed E-state index contributed by atoms with van der Waals surface area (Å²) in [7, 11) is 0. The zero-order chi connectivity index (χ0) is 35.5. The number of imidazole rings is 1. The lowest BCUT2D eigenvalue weighted by Crippen LogP contribution is -2.56. The number of carbonyl (C=O) groups excluding carboxylic acids is 4. The van der Waals surface area contributed by atoms with Crippen molar-refractivity contribution in [1.82, 2.24) is 25.5 Å². The third kappa shape index (κ3) is 10.6. The van der Waals surface area contributed by atoms with Gasteiger partial charge < -0.3 is 35.1 Å². The van der Waals surface area contributed by atoms with E-state index in [1.54, 1.807) is 24.9 Å². The van der Waals surface area contributed by atoms with E-state index in [1.807, 2.05) is 42.5 Å². The normalized spacial score (nSPS) is 17.9. The van der Waals surface area contributed by atoms with Crippen LogP contribution < -0.4 is 10.6 Å². The van der Waals surface area contributed by atoms with Crippen LogP contribution in [-0.2, 0) is 41.5 Å². The van der Waals surface area contributed by atoms with E-state index in [-0.39, 0.29) is 31.1 Å². The molecule has 12 nitrogen and oxygen atoms in total. The van der Waals surface area contributed by atoms with Gasteiger partial charge in [0.25, 0.3) is 0 Å². The summed E-state index contributed by atoms with van der Waals surface area (Å²) in [6.45, 7) is 5.20. The Morgan fingerprint density at radius 3 is 2.42 bits per heavy atom. The Morgan fingerprint density at radius 2 is 1.72 bits per heavy atom. The van der Waals surface area contributed by atoms with E-state index in [9.17, 15) is 24.3 Å². The van der Waals surface area contributed by atoms with Gasteiger partial charge in [-0.3, -0.25) is 14.4 Å². The molecule has 0 unspecified atom stereocenters. The number of benzene rings is 2. The maximum atomic E-state index is 14.2. The quantitative estimate of drug-likeness (QED) is 0.176. The summed E-state index contributed by atoms with van der Waals surface area (Å²) in [5.74, 6) is -2.48.